The van der Waals surface area contributed by atoms with E-state index in [1.54, 1.807) is 43.1 Å². The molecule has 6 aliphatic rings. The number of fused-ring (bicyclic) bond motifs is 18. The average Bonchev–Trinajstić information content (AvgIpc) is 1.71. The van der Waals surface area contributed by atoms with E-state index in [0.29, 0.717) is 126 Å². The maximum absolute atomic E-state index is 13.3. The zero-order chi connectivity index (χ0) is 64.7. The number of aryl methyl sites for hydroxylation is 2. The Morgan fingerprint density at radius 2 is 0.800 bits per heavy atom. The van der Waals surface area contributed by atoms with Crippen LogP contribution in [0.2, 0.25) is 0 Å². The molecule has 0 aromatic carbocycles. The summed E-state index contributed by atoms with van der Waals surface area (Å²) in [6.07, 6.45) is 12.9. The van der Waals surface area contributed by atoms with Crippen LogP contribution in [0.25, 0.3) is 83.3 Å². The third-order valence-electron chi connectivity index (χ3n) is 17.9. The van der Waals surface area contributed by atoms with Crippen molar-refractivity contribution < 1.29 is 27.4 Å². The quantitative estimate of drug-likeness (QED) is 0.137. The Balaban J connectivity index is 0.000000112. The highest BCUT2D eigenvalue weighted by Gasteiger charge is 2.52. The number of ether oxygens (including phenoxy) is 3. The standard InChI is InChI=1S/2C20H18FN9OS.C19H16FN9OS/c2*1-3-20-10-31-7-6-29(20)18-14(30-11(2)25-27-19(20)30)9-23-17(24-18)16-15(26-28-32-16)13-5-4-12(21)8-22-13;1-2-19-9-30-6-5-29(19)17-13(28-10-23-26-18(19)28)8-22-16(24-17)15-14(25-27-31-15)12-4-3-11(20)7-21-12/h2*4-5,8-9H,3,6-7,10H2,1-2H3;3-4,7-8,10H,2,5-6,9H2,1H3/t2*20-;19-/m101/s1. The first kappa shape index (κ1) is 59.8. The fraction of sp³-hybridized carbons (Fsp3) is 0.339. The number of hydrogen-bond acceptors (Lipinski definition) is 30. The van der Waals surface area contributed by atoms with E-state index in [4.69, 9.17) is 29.2 Å². The van der Waals surface area contributed by atoms with Crippen LogP contribution in [0.15, 0.2) is 79.9 Å². The van der Waals surface area contributed by atoms with Crippen molar-refractivity contribution >= 4 is 52.1 Å². The Labute approximate surface area is 548 Å². The highest BCUT2D eigenvalue weighted by atomic mass is 32.1. The van der Waals surface area contributed by atoms with Crippen molar-refractivity contribution in [2.24, 2.45) is 0 Å². The average molecular weight is 1340 g/mol. The van der Waals surface area contributed by atoms with Gasteiger partial charge in [0.05, 0.1) is 93.9 Å². The number of halogens is 3. The van der Waals surface area contributed by atoms with Gasteiger partial charge in [0.1, 0.15) is 101 Å². The molecule has 3 fully saturated rings. The van der Waals surface area contributed by atoms with Crippen LogP contribution in [-0.4, -0.2) is 177 Å². The lowest BCUT2D eigenvalue weighted by Crippen LogP contribution is -2.58. The molecule has 0 radical (unpaired) electrons. The number of rotatable bonds is 9. The Hall–Kier alpha value is -10.1. The van der Waals surface area contributed by atoms with Crippen LogP contribution >= 0.6 is 34.6 Å². The Morgan fingerprint density at radius 1 is 0.432 bits per heavy atom. The topological polar surface area (TPSA) is 323 Å². The molecule has 3 saturated heterocycles. The van der Waals surface area contributed by atoms with Crippen LogP contribution in [-0.2, 0) is 30.8 Å². The van der Waals surface area contributed by atoms with E-state index in [1.807, 2.05) is 27.5 Å². The SMILES string of the molecule is CC[C@@]12COCCN1c1nc(-c3snnc3-c3ccc(F)cn3)ncc1-n1c(C)nnc12.CC[C@]12COCCN1c1nc(-c3snnc3-c3ccc(F)cn3)ncc1-n1c(C)nnc12.CC[C@]12COCCN1c1nc(-c3snnc3-c3ccc(F)cn3)ncc1-n1cnnc12. The second kappa shape index (κ2) is 23.7. The minimum atomic E-state index is -0.453. The maximum atomic E-state index is 13.3. The second-order valence-electron chi connectivity index (χ2n) is 22.7. The molecule has 0 bridgehead atoms. The van der Waals surface area contributed by atoms with E-state index in [9.17, 15) is 13.2 Å². The lowest BCUT2D eigenvalue weighted by atomic mass is 9.90. The molecule has 0 aliphatic carbocycles. The van der Waals surface area contributed by atoms with E-state index >= 15 is 0 Å². The molecule has 18 rings (SSSR count). The summed E-state index contributed by atoms with van der Waals surface area (Å²) in [4.78, 5) is 49.9. The van der Waals surface area contributed by atoms with Crippen LogP contribution in [0, 0.1) is 31.3 Å². The van der Waals surface area contributed by atoms with E-state index < -0.39 is 34.1 Å². The monoisotopic (exact) mass is 1340 g/mol. The van der Waals surface area contributed by atoms with E-state index in [0.717, 1.165) is 101 Å². The van der Waals surface area contributed by atoms with Gasteiger partial charge in [-0.25, -0.2) is 43.1 Å². The van der Waals surface area contributed by atoms with Crippen molar-refractivity contribution in [3.8, 4) is 83.3 Å². The molecular formula is C59H52F3N27O3S3. The van der Waals surface area contributed by atoms with Gasteiger partial charge in [0.15, 0.2) is 52.4 Å². The summed E-state index contributed by atoms with van der Waals surface area (Å²) in [5.41, 5.74) is 4.24. The van der Waals surface area contributed by atoms with E-state index in [-0.39, 0.29) is 0 Å². The number of nitrogens with zero attached hydrogens (tertiary/aromatic N) is 27. The predicted molar refractivity (Wildman–Crippen MR) is 337 cm³/mol. The van der Waals surface area contributed by atoms with Gasteiger partial charge in [-0.05, 0) is 104 Å². The summed E-state index contributed by atoms with van der Waals surface area (Å²) >= 11 is 3.54. The summed E-state index contributed by atoms with van der Waals surface area (Å²) in [7, 11) is 0. The summed E-state index contributed by atoms with van der Waals surface area (Å²) in [6, 6.07) is 8.75. The molecule has 18 heterocycles. The van der Waals surface area contributed by atoms with Crippen LogP contribution in [0.3, 0.4) is 0 Å². The molecule has 0 saturated carbocycles. The molecule has 30 nitrogen and oxygen atoms in total. The van der Waals surface area contributed by atoms with Crippen molar-refractivity contribution in [3.05, 3.63) is 126 Å². The Kier molecular flexibility index (Phi) is 14.9. The number of morpholine rings is 3. The third kappa shape index (κ3) is 9.61. The Bertz CT molecular complexity index is 4670. The van der Waals surface area contributed by atoms with Gasteiger partial charge < -0.3 is 28.9 Å². The van der Waals surface area contributed by atoms with Gasteiger partial charge in [0, 0.05) is 19.6 Å². The fourth-order valence-electron chi connectivity index (χ4n) is 13.1. The lowest BCUT2D eigenvalue weighted by Gasteiger charge is -2.49. The molecule has 36 heteroatoms. The number of pyridine rings is 3. The highest BCUT2D eigenvalue weighted by Crippen LogP contribution is 2.49. The van der Waals surface area contributed by atoms with Gasteiger partial charge in [-0.15, -0.1) is 45.9 Å². The molecule has 12 aromatic rings. The van der Waals surface area contributed by atoms with Gasteiger partial charge in [0.25, 0.3) is 0 Å². The first-order valence-electron chi connectivity index (χ1n) is 30.2. The molecule has 6 aliphatic heterocycles. The van der Waals surface area contributed by atoms with Crippen molar-refractivity contribution in [2.75, 3.05) is 74.0 Å². The largest absolute Gasteiger partial charge is 0.377 e. The molecule has 0 N–H and O–H groups in total. The molecule has 95 heavy (non-hydrogen) atoms. The summed E-state index contributed by atoms with van der Waals surface area (Å²) in [5, 5.41) is 38.8. The minimum Gasteiger partial charge on any atom is -0.377 e. The summed E-state index contributed by atoms with van der Waals surface area (Å²) < 4.78 is 75.8. The number of anilines is 3. The fourth-order valence-corrected chi connectivity index (χ4v) is 15.0. The summed E-state index contributed by atoms with van der Waals surface area (Å²) in [6.45, 7) is 15.5. The van der Waals surface area contributed by atoms with E-state index in [2.05, 4.69) is 125 Å². The van der Waals surface area contributed by atoms with Crippen molar-refractivity contribution in [2.45, 2.75) is 70.5 Å². The van der Waals surface area contributed by atoms with E-state index in [1.165, 1.54) is 52.8 Å². The van der Waals surface area contributed by atoms with Gasteiger partial charge in [-0.1, -0.05) is 34.2 Å². The first-order chi connectivity index (χ1) is 46.4. The van der Waals surface area contributed by atoms with Crippen molar-refractivity contribution in [3.63, 3.8) is 0 Å². The van der Waals surface area contributed by atoms with Crippen LogP contribution in [0.4, 0.5) is 30.6 Å². The second-order valence-corrected chi connectivity index (χ2v) is 25.0. The molecular weight excluding hydrogens is 1290 g/mol. The zero-order valence-corrected chi connectivity index (χ0v) is 53.6. The van der Waals surface area contributed by atoms with Gasteiger partial charge >= 0.3 is 0 Å². The number of hydrogen-bond donors (Lipinski definition) is 0. The minimum absolute atomic E-state index is 0.410. The highest BCUT2D eigenvalue weighted by molar-refractivity contribution is 7.10. The van der Waals surface area contributed by atoms with Gasteiger partial charge in [-0.2, -0.15) is 0 Å². The number of aromatic nitrogens is 24. The molecule has 12 aromatic heterocycles. The van der Waals surface area contributed by atoms with Crippen molar-refractivity contribution in [1.82, 2.24) is 118 Å². The maximum Gasteiger partial charge on any atom is 0.175 e. The smallest absolute Gasteiger partial charge is 0.175 e. The van der Waals surface area contributed by atoms with Crippen LogP contribution in [0.1, 0.15) is 69.2 Å². The molecule has 0 spiro atoms. The first-order valence-corrected chi connectivity index (χ1v) is 32.6. The van der Waals surface area contributed by atoms with Gasteiger partial charge in [0.2, 0.25) is 0 Å². The van der Waals surface area contributed by atoms with Gasteiger partial charge in [-0.3, -0.25) is 28.7 Å². The third-order valence-corrected chi connectivity index (χ3v) is 20.1. The Morgan fingerprint density at radius 3 is 1.17 bits per heavy atom. The van der Waals surface area contributed by atoms with Crippen LogP contribution < -0.4 is 14.7 Å². The molecule has 480 valence electrons. The molecule has 0 amide bonds. The predicted octanol–water partition coefficient (Wildman–Crippen LogP) is 7.31. The van der Waals surface area contributed by atoms with Crippen molar-refractivity contribution in [1.29, 1.82) is 0 Å². The molecule has 0 unspecified atom stereocenters. The van der Waals surface area contributed by atoms with Crippen LogP contribution in [0.5, 0.6) is 0 Å². The lowest BCUT2D eigenvalue weighted by molar-refractivity contribution is 0.0390. The summed E-state index contributed by atoms with van der Waals surface area (Å²) in [5.74, 6) is 6.67. The zero-order valence-electron chi connectivity index (χ0n) is 51.1. The normalized spacial score (nSPS) is 19.5. The molecule has 3 atom stereocenters.